The van der Waals surface area contributed by atoms with Gasteiger partial charge in [0.05, 0.1) is 6.04 Å². The molecule has 1 aliphatic rings. The number of benzene rings is 2. The highest BCUT2D eigenvalue weighted by atomic mass is 35.5. The van der Waals surface area contributed by atoms with Gasteiger partial charge >= 0.3 is 0 Å². The normalized spacial score (nSPS) is 23.1. The molecule has 0 bridgehead atoms. The summed E-state index contributed by atoms with van der Waals surface area (Å²) in [7, 11) is 2.18. The highest BCUT2D eigenvalue weighted by molar-refractivity contribution is 6.30. The molecule has 18 heavy (non-hydrogen) atoms. The average Bonchev–Trinajstić information content (AvgIpc) is 2.64. The summed E-state index contributed by atoms with van der Waals surface area (Å²) in [6.07, 6.45) is 0. The Bertz CT molecular complexity index is 562. The van der Waals surface area contributed by atoms with E-state index in [1.54, 1.807) is 0 Å². The van der Waals surface area contributed by atoms with Crippen molar-refractivity contribution in [3.05, 3.63) is 70.2 Å². The molecule has 0 aromatic heterocycles. The Morgan fingerprint density at radius 1 is 0.944 bits per heavy atom. The maximum atomic E-state index is 5.97. The molecule has 2 aromatic rings. The van der Waals surface area contributed by atoms with Crippen LogP contribution < -0.4 is 0 Å². The van der Waals surface area contributed by atoms with Crippen molar-refractivity contribution in [3.8, 4) is 0 Å². The molecular formula is C16H16ClN. The molecule has 0 aliphatic carbocycles. The first kappa shape index (κ1) is 11.8. The number of hydrogen-bond donors (Lipinski definition) is 0. The predicted octanol–water partition coefficient (Wildman–Crippen LogP) is 4.44. The van der Waals surface area contributed by atoms with Crippen molar-refractivity contribution in [2.45, 2.75) is 19.0 Å². The van der Waals surface area contributed by atoms with Gasteiger partial charge in [0.1, 0.15) is 0 Å². The van der Waals surface area contributed by atoms with Crippen molar-refractivity contribution in [2.75, 3.05) is 7.05 Å². The van der Waals surface area contributed by atoms with Crippen molar-refractivity contribution >= 4 is 11.6 Å². The number of hydrogen-bond acceptors (Lipinski definition) is 1. The fraction of sp³-hybridized carbons (Fsp3) is 0.250. The van der Waals surface area contributed by atoms with Gasteiger partial charge in [-0.05, 0) is 42.8 Å². The minimum atomic E-state index is 0.341. The van der Waals surface area contributed by atoms with Crippen LogP contribution in [0.2, 0.25) is 5.02 Å². The lowest BCUT2D eigenvalue weighted by molar-refractivity contribution is 0.247. The lowest BCUT2D eigenvalue weighted by atomic mass is 9.97. The summed E-state index contributed by atoms with van der Waals surface area (Å²) in [4.78, 5) is 2.41. The first-order chi connectivity index (χ1) is 8.68. The summed E-state index contributed by atoms with van der Waals surface area (Å²) >= 11 is 5.97. The largest absolute Gasteiger partial charge is 0.289 e. The molecule has 0 fully saturated rings. The van der Waals surface area contributed by atoms with Gasteiger partial charge in [-0.2, -0.15) is 0 Å². The van der Waals surface area contributed by atoms with Crippen LogP contribution in [-0.4, -0.2) is 11.9 Å². The first-order valence-electron chi connectivity index (χ1n) is 6.24. The van der Waals surface area contributed by atoms with Crippen LogP contribution in [0.25, 0.3) is 0 Å². The molecule has 1 heterocycles. The molecule has 2 aromatic carbocycles. The summed E-state index contributed by atoms with van der Waals surface area (Å²) in [5.74, 6) is 0. The SMILES string of the molecule is C[C@H]1c2ccccc2[C@@H](c2ccc(Cl)cc2)N1C. The van der Waals surface area contributed by atoms with Gasteiger partial charge in [0, 0.05) is 11.1 Å². The molecule has 0 N–H and O–H groups in total. The van der Waals surface area contributed by atoms with Crippen molar-refractivity contribution in [1.29, 1.82) is 0 Å². The molecule has 0 amide bonds. The molecular weight excluding hydrogens is 242 g/mol. The molecule has 3 rings (SSSR count). The fourth-order valence-electron chi connectivity index (χ4n) is 2.86. The third-order valence-electron chi connectivity index (χ3n) is 3.94. The zero-order valence-corrected chi connectivity index (χ0v) is 11.4. The molecule has 0 radical (unpaired) electrons. The van der Waals surface area contributed by atoms with E-state index in [1.807, 2.05) is 12.1 Å². The van der Waals surface area contributed by atoms with Crippen LogP contribution >= 0.6 is 11.6 Å². The zero-order chi connectivity index (χ0) is 12.7. The fourth-order valence-corrected chi connectivity index (χ4v) is 2.99. The van der Waals surface area contributed by atoms with Crippen LogP contribution in [0.4, 0.5) is 0 Å². The van der Waals surface area contributed by atoms with Gasteiger partial charge < -0.3 is 0 Å². The second kappa shape index (κ2) is 4.42. The molecule has 0 unspecified atom stereocenters. The Morgan fingerprint density at radius 2 is 1.56 bits per heavy atom. The predicted molar refractivity (Wildman–Crippen MR) is 75.9 cm³/mol. The standard InChI is InChI=1S/C16H16ClN/c1-11-14-5-3-4-6-15(14)16(18(11)2)12-7-9-13(17)10-8-12/h3-11,16H,1-2H3/t11-,16+/m0/s1. The smallest absolute Gasteiger partial charge is 0.0607 e. The van der Waals surface area contributed by atoms with E-state index in [2.05, 4.69) is 55.3 Å². The van der Waals surface area contributed by atoms with E-state index >= 15 is 0 Å². The Morgan fingerprint density at radius 3 is 2.22 bits per heavy atom. The van der Waals surface area contributed by atoms with Crippen LogP contribution in [0.1, 0.15) is 35.7 Å². The highest BCUT2D eigenvalue weighted by Crippen LogP contribution is 2.43. The summed E-state index contributed by atoms with van der Waals surface area (Å²) < 4.78 is 0. The van der Waals surface area contributed by atoms with E-state index in [-0.39, 0.29) is 0 Å². The summed E-state index contributed by atoms with van der Waals surface area (Å²) in [5, 5.41) is 0.792. The molecule has 1 nitrogen and oxygen atoms in total. The Kier molecular flexibility index (Phi) is 2.89. The van der Waals surface area contributed by atoms with E-state index in [1.165, 1.54) is 16.7 Å². The van der Waals surface area contributed by atoms with E-state index in [9.17, 15) is 0 Å². The van der Waals surface area contributed by atoms with Crippen molar-refractivity contribution in [1.82, 2.24) is 4.90 Å². The number of rotatable bonds is 1. The number of nitrogens with zero attached hydrogens (tertiary/aromatic N) is 1. The van der Waals surface area contributed by atoms with Crippen LogP contribution in [-0.2, 0) is 0 Å². The molecule has 2 heteroatoms. The summed E-state index contributed by atoms with van der Waals surface area (Å²) in [6.45, 7) is 2.26. The maximum absolute atomic E-state index is 5.97. The molecule has 92 valence electrons. The molecule has 2 atom stereocenters. The van der Waals surface area contributed by atoms with Gasteiger partial charge in [-0.3, -0.25) is 4.90 Å². The van der Waals surface area contributed by atoms with E-state index < -0.39 is 0 Å². The van der Waals surface area contributed by atoms with Crippen molar-refractivity contribution in [2.24, 2.45) is 0 Å². The van der Waals surface area contributed by atoms with Crippen LogP contribution in [0.15, 0.2) is 48.5 Å². The highest BCUT2D eigenvalue weighted by Gasteiger charge is 2.33. The van der Waals surface area contributed by atoms with Gasteiger partial charge in [0.2, 0.25) is 0 Å². The van der Waals surface area contributed by atoms with E-state index in [4.69, 9.17) is 11.6 Å². The zero-order valence-electron chi connectivity index (χ0n) is 10.6. The first-order valence-corrected chi connectivity index (χ1v) is 6.62. The third kappa shape index (κ3) is 1.75. The van der Waals surface area contributed by atoms with Crippen LogP contribution in [0, 0.1) is 0 Å². The van der Waals surface area contributed by atoms with Gasteiger partial charge in [-0.15, -0.1) is 0 Å². The summed E-state index contributed by atoms with van der Waals surface area (Å²) in [5.41, 5.74) is 4.15. The molecule has 0 saturated heterocycles. The lowest BCUT2D eigenvalue weighted by Crippen LogP contribution is -2.20. The Labute approximate surface area is 113 Å². The van der Waals surface area contributed by atoms with Gasteiger partial charge in [-0.1, -0.05) is 48.0 Å². The van der Waals surface area contributed by atoms with Gasteiger partial charge in [-0.25, -0.2) is 0 Å². The number of fused-ring (bicyclic) bond motifs is 1. The molecule has 0 saturated carbocycles. The average molecular weight is 258 g/mol. The Balaban J connectivity index is 2.10. The molecule has 0 spiro atoms. The minimum absolute atomic E-state index is 0.341. The van der Waals surface area contributed by atoms with Gasteiger partial charge in [0.25, 0.3) is 0 Å². The number of halogens is 1. The van der Waals surface area contributed by atoms with Crippen molar-refractivity contribution in [3.63, 3.8) is 0 Å². The topological polar surface area (TPSA) is 3.24 Å². The van der Waals surface area contributed by atoms with Crippen molar-refractivity contribution < 1.29 is 0 Å². The van der Waals surface area contributed by atoms with Crippen LogP contribution in [0.5, 0.6) is 0 Å². The third-order valence-corrected chi connectivity index (χ3v) is 4.20. The summed E-state index contributed by atoms with van der Waals surface area (Å²) in [6, 6.07) is 17.7. The Hall–Kier alpha value is -1.31. The lowest BCUT2D eigenvalue weighted by Gasteiger charge is -2.24. The maximum Gasteiger partial charge on any atom is 0.0607 e. The monoisotopic (exact) mass is 257 g/mol. The van der Waals surface area contributed by atoms with Crippen LogP contribution in [0.3, 0.4) is 0 Å². The van der Waals surface area contributed by atoms with Gasteiger partial charge in [0.15, 0.2) is 0 Å². The second-order valence-electron chi connectivity index (χ2n) is 4.92. The molecule has 1 aliphatic heterocycles. The van der Waals surface area contributed by atoms with E-state index in [0.29, 0.717) is 12.1 Å². The quantitative estimate of drug-likeness (QED) is 0.730. The van der Waals surface area contributed by atoms with E-state index in [0.717, 1.165) is 5.02 Å². The second-order valence-corrected chi connectivity index (χ2v) is 5.36. The minimum Gasteiger partial charge on any atom is -0.289 e.